The summed E-state index contributed by atoms with van der Waals surface area (Å²) in [6, 6.07) is 7.10. The zero-order valence-corrected chi connectivity index (χ0v) is 9.69. The minimum atomic E-state index is -0.815. The summed E-state index contributed by atoms with van der Waals surface area (Å²) in [6.45, 7) is 5.18. The van der Waals surface area contributed by atoms with Crippen molar-refractivity contribution in [3.05, 3.63) is 42.0 Å². The standard InChI is InChI=1S/C13H15NO3/c1-9(2)13(17)14-11-6-3-10(4-7-11)5-8-12(15)16/h3-4,6-7H,1,5,8H2,2H3,(H,14,17)(H,15,16). The zero-order chi connectivity index (χ0) is 12.8. The molecule has 90 valence electrons. The van der Waals surface area contributed by atoms with E-state index in [0.29, 0.717) is 17.7 Å². The van der Waals surface area contributed by atoms with Crippen LogP contribution in [0.4, 0.5) is 5.69 Å². The highest BCUT2D eigenvalue weighted by molar-refractivity contribution is 6.02. The Balaban J connectivity index is 2.58. The Morgan fingerprint density at radius 3 is 2.35 bits per heavy atom. The second-order valence-electron chi connectivity index (χ2n) is 3.83. The van der Waals surface area contributed by atoms with Crippen LogP contribution in [0.25, 0.3) is 0 Å². The molecule has 17 heavy (non-hydrogen) atoms. The van der Waals surface area contributed by atoms with Crippen LogP contribution in [0.15, 0.2) is 36.4 Å². The average molecular weight is 233 g/mol. The molecule has 0 spiro atoms. The maximum absolute atomic E-state index is 11.3. The molecule has 0 aliphatic rings. The van der Waals surface area contributed by atoms with E-state index >= 15 is 0 Å². The van der Waals surface area contributed by atoms with Gasteiger partial charge in [-0.15, -0.1) is 0 Å². The summed E-state index contributed by atoms with van der Waals surface area (Å²) < 4.78 is 0. The zero-order valence-electron chi connectivity index (χ0n) is 9.69. The van der Waals surface area contributed by atoms with Gasteiger partial charge in [0.05, 0.1) is 0 Å². The Morgan fingerprint density at radius 1 is 1.29 bits per heavy atom. The molecule has 4 nitrogen and oxygen atoms in total. The van der Waals surface area contributed by atoms with Crippen LogP contribution in [0, 0.1) is 0 Å². The second-order valence-corrected chi connectivity index (χ2v) is 3.83. The number of aryl methyl sites for hydroxylation is 1. The number of benzene rings is 1. The maximum Gasteiger partial charge on any atom is 0.303 e. The number of rotatable bonds is 5. The molecule has 1 aromatic carbocycles. The van der Waals surface area contributed by atoms with Crippen molar-refractivity contribution >= 4 is 17.6 Å². The quantitative estimate of drug-likeness (QED) is 0.766. The van der Waals surface area contributed by atoms with Gasteiger partial charge in [-0.2, -0.15) is 0 Å². The van der Waals surface area contributed by atoms with Crippen molar-refractivity contribution < 1.29 is 14.7 Å². The van der Waals surface area contributed by atoms with Crippen molar-refractivity contribution in [2.75, 3.05) is 5.32 Å². The van der Waals surface area contributed by atoms with E-state index in [4.69, 9.17) is 5.11 Å². The summed E-state index contributed by atoms with van der Waals surface area (Å²) >= 11 is 0. The van der Waals surface area contributed by atoms with Crippen molar-refractivity contribution in [3.63, 3.8) is 0 Å². The fraction of sp³-hybridized carbons (Fsp3) is 0.231. The summed E-state index contributed by atoms with van der Waals surface area (Å²) in [5, 5.41) is 11.2. The molecule has 2 N–H and O–H groups in total. The van der Waals surface area contributed by atoms with Crippen LogP contribution >= 0.6 is 0 Å². The molecule has 0 saturated carbocycles. The van der Waals surface area contributed by atoms with Gasteiger partial charge in [0.2, 0.25) is 0 Å². The molecule has 0 aliphatic heterocycles. The van der Waals surface area contributed by atoms with Crippen LogP contribution in [0.1, 0.15) is 18.9 Å². The molecule has 0 saturated heterocycles. The first kappa shape index (κ1) is 13.0. The lowest BCUT2D eigenvalue weighted by Gasteiger charge is -2.05. The Hall–Kier alpha value is -2.10. The SMILES string of the molecule is C=C(C)C(=O)Nc1ccc(CCC(=O)O)cc1. The Kier molecular flexibility index (Phi) is 4.46. The van der Waals surface area contributed by atoms with E-state index in [-0.39, 0.29) is 12.3 Å². The van der Waals surface area contributed by atoms with Crippen LogP contribution in [-0.4, -0.2) is 17.0 Å². The molecule has 1 rings (SSSR count). The first-order valence-corrected chi connectivity index (χ1v) is 5.26. The predicted molar refractivity (Wildman–Crippen MR) is 65.8 cm³/mol. The molecule has 1 amide bonds. The molecule has 0 aromatic heterocycles. The Morgan fingerprint density at radius 2 is 1.88 bits per heavy atom. The highest BCUT2D eigenvalue weighted by Crippen LogP contribution is 2.11. The highest BCUT2D eigenvalue weighted by atomic mass is 16.4. The fourth-order valence-electron chi connectivity index (χ4n) is 1.24. The normalized spacial score (nSPS) is 9.71. The Bertz CT molecular complexity index is 434. The van der Waals surface area contributed by atoms with Crippen LogP contribution < -0.4 is 5.32 Å². The highest BCUT2D eigenvalue weighted by Gasteiger charge is 2.03. The van der Waals surface area contributed by atoms with Crippen LogP contribution in [0.3, 0.4) is 0 Å². The average Bonchev–Trinajstić information content (AvgIpc) is 2.28. The number of carboxylic acid groups (broad SMARTS) is 1. The van der Waals surface area contributed by atoms with Gasteiger partial charge in [0.1, 0.15) is 0 Å². The van der Waals surface area contributed by atoms with Crippen molar-refractivity contribution in [1.82, 2.24) is 0 Å². The van der Waals surface area contributed by atoms with E-state index < -0.39 is 5.97 Å². The van der Waals surface area contributed by atoms with Gasteiger partial charge in [-0.1, -0.05) is 18.7 Å². The Labute approximate surface area is 100.0 Å². The molecule has 1 aromatic rings. The third kappa shape index (κ3) is 4.51. The summed E-state index contributed by atoms with van der Waals surface area (Å²) in [5.41, 5.74) is 2.05. The fourth-order valence-corrected chi connectivity index (χ4v) is 1.24. The molecule has 4 heteroatoms. The van der Waals surface area contributed by atoms with Gasteiger partial charge in [0.25, 0.3) is 5.91 Å². The largest absolute Gasteiger partial charge is 0.481 e. The number of hydrogen-bond donors (Lipinski definition) is 2. The summed E-state index contributed by atoms with van der Waals surface area (Å²) in [4.78, 5) is 21.7. The molecule has 0 heterocycles. The van der Waals surface area contributed by atoms with Crippen molar-refractivity contribution in [1.29, 1.82) is 0 Å². The number of nitrogens with one attached hydrogen (secondary N) is 1. The van der Waals surface area contributed by atoms with E-state index in [2.05, 4.69) is 11.9 Å². The van der Waals surface area contributed by atoms with E-state index in [1.54, 1.807) is 31.2 Å². The van der Waals surface area contributed by atoms with Crippen LogP contribution in [0.2, 0.25) is 0 Å². The minimum absolute atomic E-state index is 0.109. The third-order valence-corrected chi connectivity index (χ3v) is 2.23. The van der Waals surface area contributed by atoms with Crippen LogP contribution in [-0.2, 0) is 16.0 Å². The first-order valence-electron chi connectivity index (χ1n) is 5.26. The molecular weight excluding hydrogens is 218 g/mol. The van der Waals surface area contributed by atoms with Crippen molar-refractivity contribution in [3.8, 4) is 0 Å². The van der Waals surface area contributed by atoms with E-state index in [1.807, 2.05) is 0 Å². The number of amides is 1. The summed E-state index contributed by atoms with van der Waals surface area (Å²) in [6.07, 6.45) is 0.599. The number of anilines is 1. The molecule has 0 fully saturated rings. The van der Waals surface area contributed by atoms with Gasteiger partial charge in [-0.05, 0) is 31.0 Å². The van der Waals surface area contributed by atoms with Crippen molar-refractivity contribution in [2.24, 2.45) is 0 Å². The molecule has 0 aliphatic carbocycles. The lowest BCUT2D eigenvalue weighted by atomic mass is 10.1. The van der Waals surface area contributed by atoms with Gasteiger partial charge in [0.15, 0.2) is 0 Å². The smallest absolute Gasteiger partial charge is 0.303 e. The van der Waals surface area contributed by atoms with Gasteiger partial charge < -0.3 is 10.4 Å². The number of carbonyl (C=O) groups is 2. The lowest BCUT2D eigenvalue weighted by molar-refractivity contribution is -0.137. The molecule has 0 radical (unpaired) electrons. The molecule has 0 bridgehead atoms. The summed E-state index contributed by atoms with van der Waals surface area (Å²) in [5.74, 6) is -1.03. The van der Waals surface area contributed by atoms with Crippen molar-refractivity contribution in [2.45, 2.75) is 19.8 Å². The van der Waals surface area contributed by atoms with Crippen LogP contribution in [0.5, 0.6) is 0 Å². The number of carbonyl (C=O) groups excluding carboxylic acids is 1. The minimum Gasteiger partial charge on any atom is -0.481 e. The number of carboxylic acids is 1. The van der Waals surface area contributed by atoms with Gasteiger partial charge in [-0.25, -0.2) is 0 Å². The molecular formula is C13H15NO3. The first-order chi connectivity index (χ1) is 7.99. The predicted octanol–water partition coefficient (Wildman–Crippen LogP) is 2.22. The maximum atomic E-state index is 11.3. The van der Waals surface area contributed by atoms with E-state index in [9.17, 15) is 9.59 Å². The van der Waals surface area contributed by atoms with Gasteiger partial charge >= 0.3 is 5.97 Å². The lowest BCUT2D eigenvalue weighted by Crippen LogP contribution is -2.11. The summed E-state index contributed by atoms with van der Waals surface area (Å²) in [7, 11) is 0. The second kappa shape index (κ2) is 5.84. The monoisotopic (exact) mass is 233 g/mol. The van der Waals surface area contributed by atoms with Gasteiger partial charge in [0, 0.05) is 17.7 Å². The topological polar surface area (TPSA) is 66.4 Å². The van der Waals surface area contributed by atoms with E-state index in [1.165, 1.54) is 0 Å². The van der Waals surface area contributed by atoms with Gasteiger partial charge in [-0.3, -0.25) is 9.59 Å². The number of hydrogen-bond acceptors (Lipinski definition) is 2. The third-order valence-electron chi connectivity index (χ3n) is 2.23. The number of aliphatic carboxylic acids is 1. The molecule has 0 unspecified atom stereocenters. The van der Waals surface area contributed by atoms with E-state index in [0.717, 1.165) is 5.56 Å². The molecule has 0 atom stereocenters.